The number of hydrogen-bond donors (Lipinski definition) is 2. The molecule has 0 saturated heterocycles. The Morgan fingerprint density at radius 1 is 1.07 bits per heavy atom. The molecule has 2 atom stereocenters. The normalized spacial score (nSPS) is 32.9. The Hall–Kier alpha value is -0.130. The van der Waals surface area contributed by atoms with Crippen LogP contribution in [0.2, 0.25) is 0 Å². The van der Waals surface area contributed by atoms with Crippen LogP contribution in [-0.2, 0) is 10.2 Å². The summed E-state index contributed by atoms with van der Waals surface area (Å²) in [4.78, 5) is 0. The lowest BCUT2D eigenvalue weighted by molar-refractivity contribution is 0.280. The van der Waals surface area contributed by atoms with Gasteiger partial charge in [0.05, 0.1) is 0 Å². The molecule has 0 heterocycles. The summed E-state index contributed by atoms with van der Waals surface area (Å²) in [6.07, 6.45) is 7.20. The van der Waals surface area contributed by atoms with Crippen molar-refractivity contribution in [1.29, 1.82) is 0 Å². The van der Waals surface area contributed by atoms with Crippen molar-refractivity contribution >= 4 is 10.2 Å². The number of nitrogens with one attached hydrogen (secondary N) is 2. The second-order valence-electron chi connectivity index (χ2n) is 4.79. The lowest BCUT2D eigenvalue weighted by atomic mass is 9.83. The monoisotopic (exact) mass is 232 g/mol. The van der Waals surface area contributed by atoms with Crippen molar-refractivity contribution in [2.75, 3.05) is 7.05 Å². The maximum atomic E-state index is 11.3. The van der Waals surface area contributed by atoms with Crippen LogP contribution in [0.5, 0.6) is 0 Å². The van der Waals surface area contributed by atoms with Crippen LogP contribution in [0.1, 0.15) is 38.5 Å². The Morgan fingerprint density at radius 3 is 2.40 bits per heavy atom. The van der Waals surface area contributed by atoms with Crippen LogP contribution < -0.4 is 9.44 Å². The Kier molecular flexibility index (Phi) is 3.33. The Morgan fingerprint density at radius 2 is 1.80 bits per heavy atom. The average molecular weight is 232 g/mol. The van der Waals surface area contributed by atoms with Crippen LogP contribution >= 0.6 is 0 Å². The van der Waals surface area contributed by atoms with Gasteiger partial charge in [0.2, 0.25) is 0 Å². The molecule has 2 fully saturated rings. The molecule has 15 heavy (non-hydrogen) atoms. The predicted octanol–water partition coefficient (Wildman–Crippen LogP) is 1.01. The van der Waals surface area contributed by atoms with E-state index in [9.17, 15) is 8.42 Å². The second kappa shape index (κ2) is 4.39. The number of rotatable bonds is 4. The van der Waals surface area contributed by atoms with E-state index < -0.39 is 10.2 Å². The van der Waals surface area contributed by atoms with E-state index in [4.69, 9.17) is 0 Å². The highest BCUT2D eigenvalue weighted by molar-refractivity contribution is 7.87. The maximum Gasteiger partial charge on any atom is 0.276 e. The van der Waals surface area contributed by atoms with Crippen molar-refractivity contribution in [1.82, 2.24) is 9.44 Å². The zero-order chi connectivity index (χ0) is 10.9. The molecule has 0 bridgehead atoms. The van der Waals surface area contributed by atoms with E-state index in [0.29, 0.717) is 0 Å². The summed E-state index contributed by atoms with van der Waals surface area (Å²) in [5.74, 6) is 1.66. The van der Waals surface area contributed by atoms with Gasteiger partial charge in [-0.25, -0.2) is 4.72 Å². The summed E-state index contributed by atoms with van der Waals surface area (Å²) in [6.45, 7) is 0. The van der Waals surface area contributed by atoms with Crippen LogP contribution in [0.4, 0.5) is 0 Å². The molecule has 0 aromatic carbocycles. The molecule has 0 spiro atoms. The fourth-order valence-electron chi connectivity index (χ4n) is 2.61. The first-order valence-corrected chi connectivity index (χ1v) is 7.30. The van der Waals surface area contributed by atoms with E-state index in [-0.39, 0.29) is 6.04 Å². The predicted molar refractivity (Wildman–Crippen MR) is 59.6 cm³/mol. The first-order chi connectivity index (χ1) is 7.11. The van der Waals surface area contributed by atoms with Gasteiger partial charge in [-0.3, -0.25) is 0 Å². The number of hydrogen-bond acceptors (Lipinski definition) is 2. The van der Waals surface area contributed by atoms with Crippen molar-refractivity contribution in [3.05, 3.63) is 0 Å². The summed E-state index contributed by atoms with van der Waals surface area (Å²) >= 11 is 0. The highest BCUT2D eigenvalue weighted by atomic mass is 32.2. The van der Waals surface area contributed by atoms with E-state index in [2.05, 4.69) is 9.44 Å². The van der Waals surface area contributed by atoms with Gasteiger partial charge in [-0.15, -0.1) is 0 Å². The van der Waals surface area contributed by atoms with Gasteiger partial charge in [-0.2, -0.15) is 13.1 Å². The van der Waals surface area contributed by atoms with Crippen molar-refractivity contribution in [2.24, 2.45) is 11.8 Å². The molecule has 0 amide bonds. The highest BCUT2D eigenvalue weighted by Crippen LogP contribution is 2.43. The van der Waals surface area contributed by atoms with Crippen LogP contribution in [0.15, 0.2) is 0 Å². The van der Waals surface area contributed by atoms with Gasteiger partial charge in [0.15, 0.2) is 0 Å². The first-order valence-electron chi connectivity index (χ1n) is 5.81. The van der Waals surface area contributed by atoms with Crippen molar-refractivity contribution in [3.8, 4) is 0 Å². The molecule has 2 rings (SSSR count). The molecule has 5 heteroatoms. The van der Waals surface area contributed by atoms with Crippen molar-refractivity contribution in [3.63, 3.8) is 0 Å². The average Bonchev–Trinajstić information content (AvgIpc) is 3.01. The van der Waals surface area contributed by atoms with Gasteiger partial charge in [0.25, 0.3) is 10.2 Å². The molecule has 2 aliphatic carbocycles. The van der Waals surface area contributed by atoms with Crippen molar-refractivity contribution in [2.45, 2.75) is 44.6 Å². The Bertz CT molecular complexity index is 311. The summed E-state index contributed by atoms with van der Waals surface area (Å²) in [5.41, 5.74) is 0. The van der Waals surface area contributed by atoms with Gasteiger partial charge >= 0.3 is 0 Å². The third-order valence-corrected chi connectivity index (χ3v) is 4.78. The fourth-order valence-corrected chi connectivity index (χ4v) is 3.38. The van der Waals surface area contributed by atoms with E-state index in [1.54, 1.807) is 0 Å². The minimum absolute atomic E-state index is 0.154. The van der Waals surface area contributed by atoms with Gasteiger partial charge in [-0.1, -0.05) is 12.8 Å². The first kappa shape index (κ1) is 11.4. The van der Waals surface area contributed by atoms with E-state index in [1.165, 1.54) is 26.3 Å². The standard InChI is InChI=1S/C10H20N2O2S/c1-11-15(13,14)12-10-4-2-3-9(7-10)8-5-6-8/h8-12H,2-7H2,1H3/t9-,10+/m0/s1. The molecular weight excluding hydrogens is 212 g/mol. The minimum Gasteiger partial charge on any atom is -0.205 e. The van der Waals surface area contributed by atoms with Gasteiger partial charge in [-0.05, 0) is 37.5 Å². The largest absolute Gasteiger partial charge is 0.276 e. The van der Waals surface area contributed by atoms with Crippen LogP contribution in [0.3, 0.4) is 0 Å². The summed E-state index contributed by atoms with van der Waals surface area (Å²) in [6, 6.07) is 0.154. The molecule has 2 N–H and O–H groups in total. The lowest BCUT2D eigenvalue weighted by Crippen LogP contribution is -2.43. The van der Waals surface area contributed by atoms with E-state index in [0.717, 1.165) is 31.1 Å². The zero-order valence-corrected chi connectivity index (χ0v) is 10.0. The molecule has 4 nitrogen and oxygen atoms in total. The van der Waals surface area contributed by atoms with Gasteiger partial charge < -0.3 is 0 Å². The fraction of sp³-hybridized carbons (Fsp3) is 1.00. The molecular formula is C10H20N2O2S. The maximum absolute atomic E-state index is 11.3. The Labute approximate surface area is 92.0 Å². The van der Waals surface area contributed by atoms with Gasteiger partial charge in [0, 0.05) is 13.1 Å². The molecule has 0 aliphatic heterocycles. The van der Waals surface area contributed by atoms with E-state index in [1.807, 2.05) is 0 Å². The lowest BCUT2D eigenvalue weighted by Gasteiger charge is -2.29. The molecule has 0 unspecified atom stereocenters. The van der Waals surface area contributed by atoms with Gasteiger partial charge in [0.1, 0.15) is 0 Å². The molecule has 0 radical (unpaired) electrons. The van der Waals surface area contributed by atoms with Crippen LogP contribution in [0.25, 0.3) is 0 Å². The molecule has 88 valence electrons. The van der Waals surface area contributed by atoms with Crippen LogP contribution in [-0.4, -0.2) is 21.5 Å². The second-order valence-corrected chi connectivity index (χ2v) is 6.44. The topological polar surface area (TPSA) is 58.2 Å². The SMILES string of the molecule is CNS(=O)(=O)N[C@@H]1CCC[C@H](C2CC2)C1. The minimum atomic E-state index is -3.25. The summed E-state index contributed by atoms with van der Waals surface area (Å²) in [5, 5.41) is 0. The molecule has 0 aromatic rings. The molecule has 2 saturated carbocycles. The highest BCUT2D eigenvalue weighted by Gasteiger charge is 2.35. The molecule has 2 aliphatic rings. The zero-order valence-electron chi connectivity index (χ0n) is 9.20. The molecule has 0 aromatic heterocycles. The third kappa shape index (κ3) is 3.16. The van der Waals surface area contributed by atoms with Crippen LogP contribution in [0, 0.1) is 11.8 Å². The van der Waals surface area contributed by atoms with Crippen molar-refractivity contribution < 1.29 is 8.42 Å². The third-order valence-electron chi connectivity index (χ3n) is 3.59. The Balaban J connectivity index is 1.87. The summed E-state index contributed by atoms with van der Waals surface area (Å²) in [7, 11) is -1.80. The quantitative estimate of drug-likeness (QED) is 0.760. The van der Waals surface area contributed by atoms with E-state index >= 15 is 0 Å². The smallest absolute Gasteiger partial charge is 0.205 e. The summed E-state index contributed by atoms with van der Waals surface area (Å²) < 4.78 is 27.7.